The molecule has 2 atom stereocenters. The van der Waals surface area contributed by atoms with Gasteiger partial charge in [-0.25, -0.2) is 0 Å². The first-order valence-electron chi connectivity index (χ1n) is 7.63. The van der Waals surface area contributed by atoms with Gasteiger partial charge in [-0.2, -0.15) is 0 Å². The molecule has 1 aromatic carbocycles. The zero-order valence-electron chi connectivity index (χ0n) is 12.4. The summed E-state index contributed by atoms with van der Waals surface area (Å²) in [6, 6.07) is 12.4. The number of fused-ring (bicyclic) bond motifs is 1. The fourth-order valence-corrected chi connectivity index (χ4v) is 3.15. The van der Waals surface area contributed by atoms with E-state index >= 15 is 0 Å². The number of hydrogen-bond acceptors (Lipinski definition) is 3. The lowest BCUT2D eigenvalue weighted by Gasteiger charge is -2.35. The highest BCUT2D eigenvalue weighted by atomic mass is 16.3. The van der Waals surface area contributed by atoms with Crippen molar-refractivity contribution in [1.29, 1.82) is 0 Å². The Hall–Kier alpha value is -1.71. The number of pyridine rings is 1. The Bertz CT molecular complexity index is 599. The summed E-state index contributed by atoms with van der Waals surface area (Å²) in [6.07, 6.45) is 6.57. The van der Waals surface area contributed by atoms with Gasteiger partial charge in [-0.05, 0) is 48.9 Å². The molecule has 0 amide bonds. The number of aromatic nitrogens is 1. The van der Waals surface area contributed by atoms with Gasteiger partial charge < -0.3 is 10.4 Å². The first-order valence-corrected chi connectivity index (χ1v) is 7.63. The SMILES string of the molecule is C[C@H](NC[C@@]1(O)CCCc2ccccc21)c1cccnc1. The van der Waals surface area contributed by atoms with Crippen molar-refractivity contribution in [3.8, 4) is 0 Å². The van der Waals surface area contributed by atoms with Crippen LogP contribution in [0, 0.1) is 0 Å². The molecule has 110 valence electrons. The average Bonchev–Trinajstić information content (AvgIpc) is 2.54. The summed E-state index contributed by atoms with van der Waals surface area (Å²) < 4.78 is 0. The van der Waals surface area contributed by atoms with Crippen molar-refractivity contribution in [3.05, 3.63) is 65.5 Å². The van der Waals surface area contributed by atoms with Gasteiger partial charge in [0.05, 0.1) is 0 Å². The molecule has 0 unspecified atom stereocenters. The Kier molecular flexibility index (Phi) is 4.04. The van der Waals surface area contributed by atoms with E-state index in [0.29, 0.717) is 6.54 Å². The number of aliphatic hydroxyl groups is 1. The lowest BCUT2D eigenvalue weighted by molar-refractivity contribution is 0.0170. The van der Waals surface area contributed by atoms with Gasteiger partial charge in [-0.15, -0.1) is 0 Å². The van der Waals surface area contributed by atoms with Crippen LogP contribution in [-0.4, -0.2) is 16.6 Å². The number of nitrogens with zero attached hydrogens (tertiary/aromatic N) is 1. The Labute approximate surface area is 126 Å². The summed E-state index contributed by atoms with van der Waals surface area (Å²) in [7, 11) is 0. The molecular formula is C18H22N2O. The summed E-state index contributed by atoms with van der Waals surface area (Å²) >= 11 is 0. The molecule has 0 fully saturated rings. The molecule has 1 aliphatic rings. The van der Waals surface area contributed by atoms with E-state index in [2.05, 4.69) is 41.5 Å². The minimum atomic E-state index is -0.759. The van der Waals surface area contributed by atoms with Gasteiger partial charge in [0.15, 0.2) is 0 Å². The quantitative estimate of drug-likeness (QED) is 0.906. The molecule has 2 N–H and O–H groups in total. The van der Waals surface area contributed by atoms with E-state index < -0.39 is 5.60 Å². The molecule has 0 aliphatic heterocycles. The topological polar surface area (TPSA) is 45.1 Å². The van der Waals surface area contributed by atoms with Crippen LogP contribution in [0.4, 0.5) is 0 Å². The Morgan fingerprint density at radius 3 is 2.95 bits per heavy atom. The molecule has 0 radical (unpaired) electrons. The highest BCUT2D eigenvalue weighted by Gasteiger charge is 2.34. The molecule has 3 rings (SSSR count). The fraction of sp³-hybridized carbons (Fsp3) is 0.389. The molecule has 3 nitrogen and oxygen atoms in total. The Morgan fingerprint density at radius 1 is 1.29 bits per heavy atom. The molecular weight excluding hydrogens is 260 g/mol. The first-order chi connectivity index (χ1) is 10.2. The van der Waals surface area contributed by atoms with Gasteiger partial charge in [-0.1, -0.05) is 30.3 Å². The summed E-state index contributed by atoms with van der Waals surface area (Å²) in [4.78, 5) is 4.15. The third-order valence-electron chi connectivity index (χ3n) is 4.44. The minimum Gasteiger partial charge on any atom is -0.384 e. The maximum Gasteiger partial charge on any atom is 0.102 e. The van der Waals surface area contributed by atoms with Crippen molar-refractivity contribution in [3.63, 3.8) is 0 Å². The predicted octanol–water partition coefficient (Wildman–Crippen LogP) is 2.96. The van der Waals surface area contributed by atoms with Crippen LogP contribution in [0.5, 0.6) is 0 Å². The van der Waals surface area contributed by atoms with Gasteiger partial charge in [0.2, 0.25) is 0 Å². The fourth-order valence-electron chi connectivity index (χ4n) is 3.15. The molecule has 0 spiro atoms. The maximum atomic E-state index is 11.0. The van der Waals surface area contributed by atoms with Crippen molar-refractivity contribution in [2.45, 2.75) is 37.8 Å². The summed E-state index contributed by atoms with van der Waals surface area (Å²) in [6.45, 7) is 2.68. The van der Waals surface area contributed by atoms with Gasteiger partial charge >= 0.3 is 0 Å². The van der Waals surface area contributed by atoms with Crippen molar-refractivity contribution in [2.24, 2.45) is 0 Å². The molecule has 0 saturated carbocycles. The third-order valence-corrected chi connectivity index (χ3v) is 4.44. The van der Waals surface area contributed by atoms with Gasteiger partial charge in [-0.3, -0.25) is 4.98 Å². The maximum absolute atomic E-state index is 11.0. The van der Waals surface area contributed by atoms with Crippen molar-refractivity contribution >= 4 is 0 Å². The lowest BCUT2D eigenvalue weighted by atomic mass is 9.79. The zero-order valence-corrected chi connectivity index (χ0v) is 12.4. The van der Waals surface area contributed by atoms with E-state index in [1.54, 1.807) is 6.20 Å². The zero-order chi connectivity index (χ0) is 14.7. The van der Waals surface area contributed by atoms with Crippen LogP contribution in [0.1, 0.15) is 42.5 Å². The first kappa shape index (κ1) is 14.2. The van der Waals surface area contributed by atoms with E-state index in [-0.39, 0.29) is 6.04 Å². The lowest BCUT2D eigenvalue weighted by Crippen LogP contribution is -2.41. The van der Waals surface area contributed by atoms with Crippen LogP contribution < -0.4 is 5.32 Å². The minimum absolute atomic E-state index is 0.178. The van der Waals surface area contributed by atoms with E-state index in [9.17, 15) is 5.11 Å². The normalized spacial score (nSPS) is 22.6. The Balaban J connectivity index is 1.73. The van der Waals surface area contributed by atoms with Crippen molar-refractivity contribution in [1.82, 2.24) is 10.3 Å². The molecule has 21 heavy (non-hydrogen) atoms. The van der Waals surface area contributed by atoms with Gasteiger partial charge in [0.1, 0.15) is 5.60 Å². The van der Waals surface area contributed by atoms with Crippen LogP contribution in [0.15, 0.2) is 48.8 Å². The van der Waals surface area contributed by atoms with Crippen molar-refractivity contribution < 1.29 is 5.11 Å². The van der Waals surface area contributed by atoms with E-state index in [4.69, 9.17) is 0 Å². The van der Waals surface area contributed by atoms with Gasteiger partial charge in [0.25, 0.3) is 0 Å². The second kappa shape index (κ2) is 5.96. The molecule has 0 saturated heterocycles. The van der Waals surface area contributed by atoms with Crippen LogP contribution >= 0.6 is 0 Å². The second-order valence-corrected chi connectivity index (χ2v) is 5.93. The molecule has 1 aromatic heterocycles. The van der Waals surface area contributed by atoms with E-state index in [0.717, 1.165) is 30.4 Å². The summed E-state index contributed by atoms with van der Waals surface area (Å²) in [5.41, 5.74) is 2.75. The monoisotopic (exact) mass is 282 g/mol. The van der Waals surface area contributed by atoms with E-state index in [1.807, 2.05) is 18.3 Å². The number of benzene rings is 1. The Morgan fingerprint density at radius 2 is 2.14 bits per heavy atom. The number of rotatable bonds is 4. The van der Waals surface area contributed by atoms with Crippen LogP contribution in [0.25, 0.3) is 0 Å². The van der Waals surface area contributed by atoms with Crippen molar-refractivity contribution in [2.75, 3.05) is 6.54 Å². The van der Waals surface area contributed by atoms with E-state index in [1.165, 1.54) is 5.56 Å². The van der Waals surface area contributed by atoms with Crippen LogP contribution in [-0.2, 0) is 12.0 Å². The number of nitrogens with one attached hydrogen (secondary N) is 1. The molecule has 0 bridgehead atoms. The predicted molar refractivity (Wildman–Crippen MR) is 83.9 cm³/mol. The third kappa shape index (κ3) is 2.99. The standard InChI is InChI=1S/C18H22N2O/c1-14(16-8-5-11-19-12-16)20-13-18(21)10-4-7-15-6-2-3-9-17(15)18/h2-3,5-6,8-9,11-12,14,20-21H,4,7,10,13H2,1H3/t14-,18-/m0/s1. The molecule has 1 aliphatic carbocycles. The smallest absolute Gasteiger partial charge is 0.102 e. The molecule has 1 heterocycles. The number of aryl methyl sites for hydroxylation is 1. The van der Waals surface area contributed by atoms with Crippen LogP contribution in [0.2, 0.25) is 0 Å². The van der Waals surface area contributed by atoms with Gasteiger partial charge in [0, 0.05) is 25.0 Å². The summed E-state index contributed by atoms with van der Waals surface area (Å²) in [5, 5.41) is 14.5. The molecule has 3 heteroatoms. The van der Waals surface area contributed by atoms with Crippen LogP contribution in [0.3, 0.4) is 0 Å². The largest absolute Gasteiger partial charge is 0.384 e. The summed E-state index contributed by atoms with van der Waals surface area (Å²) in [5.74, 6) is 0. The number of hydrogen-bond donors (Lipinski definition) is 2. The second-order valence-electron chi connectivity index (χ2n) is 5.93. The highest BCUT2D eigenvalue weighted by Crippen LogP contribution is 2.35. The average molecular weight is 282 g/mol. The highest BCUT2D eigenvalue weighted by molar-refractivity contribution is 5.35. The molecule has 2 aromatic rings.